The molecule has 0 amide bonds. The van der Waals surface area contributed by atoms with E-state index in [1.807, 2.05) is 0 Å². The summed E-state index contributed by atoms with van der Waals surface area (Å²) < 4.78 is 14.1. The monoisotopic (exact) mass is 250 g/mol. The summed E-state index contributed by atoms with van der Waals surface area (Å²) in [4.78, 5) is 15.3. The summed E-state index contributed by atoms with van der Waals surface area (Å²) >= 11 is 1.18. The first-order valence-electron chi connectivity index (χ1n) is 4.85. The van der Waals surface area contributed by atoms with Gasteiger partial charge in [-0.25, -0.2) is 4.79 Å². The van der Waals surface area contributed by atoms with E-state index in [1.54, 1.807) is 31.2 Å². The normalized spacial score (nSPS) is 10.0. The number of carbonyl (C=O) groups is 1. The standard InChI is InChI=1S/C11H10N2O3S/c1-7-12-11(17-13-7)16-9-5-3-8(4-6-9)10(14)15-2/h3-6H,1-2H3. The average molecular weight is 250 g/mol. The molecule has 0 saturated carbocycles. The van der Waals surface area contributed by atoms with Crippen LogP contribution in [0.4, 0.5) is 0 Å². The number of hydrogen-bond donors (Lipinski definition) is 0. The number of nitrogens with zero attached hydrogens (tertiary/aromatic N) is 2. The van der Waals surface area contributed by atoms with Crippen LogP contribution in [0.25, 0.3) is 0 Å². The molecule has 0 bridgehead atoms. The number of methoxy groups -OCH3 is 1. The van der Waals surface area contributed by atoms with Crippen LogP contribution >= 0.6 is 11.5 Å². The molecule has 2 aromatic rings. The van der Waals surface area contributed by atoms with Crippen molar-refractivity contribution in [1.29, 1.82) is 0 Å². The van der Waals surface area contributed by atoms with Gasteiger partial charge in [0.2, 0.25) is 0 Å². The third-order valence-corrected chi connectivity index (χ3v) is 2.68. The average Bonchev–Trinajstić information content (AvgIpc) is 2.75. The SMILES string of the molecule is COC(=O)c1ccc(Oc2nc(C)ns2)cc1. The zero-order valence-corrected chi connectivity index (χ0v) is 10.2. The van der Waals surface area contributed by atoms with Crippen LogP contribution in [0.15, 0.2) is 24.3 Å². The van der Waals surface area contributed by atoms with Crippen LogP contribution in [0.2, 0.25) is 0 Å². The largest absolute Gasteiger partial charge is 0.465 e. The molecule has 0 N–H and O–H groups in total. The molecule has 0 aliphatic carbocycles. The second-order valence-electron chi connectivity index (χ2n) is 3.23. The summed E-state index contributed by atoms with van der Waals surface area (Å²) in [6, 6.07) is 6.64. The van der Waals surface area contributed by atoms with E-state index >= 15 is 0 Å². The van der Waals surface area contributed by atoms with Gasteiger partial charge in [-0.15, -0.1) is 0 Å². The second kappa shape index (κ2) is 4.92. The molecule has 6 heteroatoms. The molecule has 0 spiro atoms. The van der Waals surface area contributed by atoms with Gasteiger partial charge in [-0.3, -0.25) is 0 Å². The van der Waals surface area contributed by atoms with Gasteiger partial charge in [-0.2, -0.15) is 9.36 Å². The number of esters is 1. The fourth-order valence-corrected chi connectivity index (χ4v) is 1.75. The van der Waals surface area contributed by atoms with Crippen LogP contribution in [-0.2, 0) is 4.74 Å². The summed E-state index contributed by atoms with van der Waals surface area (Å²) in [6.07, 6.45) is 0. The maximum Gasteiger partial charge on any atom is 0.337 e. The molecule has 0 radical (unpaired) electrons. The summed E-state index contributed by atoms with van der Waals surface area (Å²) in [5.41, 5.74) is 0.480. The van der Waals surface area contributed by atoms with Gasteiger partial charge in [0.05, 0.1) is 12.7 Å². The highest BCUT2D eigenvalue weighted by molar-refractivity contribution is 7.07. The van der Waals surface area contributed by atoms with Crippen LogP contribution in [-0.4, -0.2) is 22.4 Å². The maximum absolute atomic E-state index is 11.2. The summed E-state index contributed by atoms with van der Waals surface area (Å²) in [5.74, 6) is 0.910. The first-order chi connectivity index (χ1) is 8.19. The van der Waals surface area contributed by atoms with Crippen molar-refractivity contribution in [3.05, 3.63) is 35.7 Å². The van der Waals surface area contributed by atoms with Crippen LogP contribution in [0.1, 0.15) is 16.2 Å². The molecular formula is C11H10N2O3S. The first-order valence-corrected chi connectivity index (χ1v) is 5.63. The lowest BCUT2D eigenvalue weighted by molar-refractivity contribution is 0.0600. The summed E-state index contributed by atoms with van der Waals surface area (Å²) in [5, 5.41) is 0.480. The van der Waals surface area contributed by atoms with Gasteiger partial charge in [-0.1, -0.05) is 0 Å². The molecule has 0 saturated heterocycles. The highest BCUT2D eigenvalue weighted by atomic mass is 32.1. The van der Waals surface area contributed by atoms with Crippen molar-refractivity contribution in [3.8, 4) is 10.9 Å². The van der Waals surface area contributed by atoms with E-state index in [0.29, 0.717) is 22.3 Å². The minimum atomic E-state index is -0.372. The van der Waals surface area contributed by atoms with E-state index < -0.39 is 0 Å². The minimum Gasteiger partial charge on any atom is -0.465 e. The van der Waals surface area contributed by atoms with Crippen LogP contribution < -0.4 is 4.74 Å². The van der Waals surface area contributed by atoms with Crippen LogP contribution in [0.5, 0.6) is 10.9 Å². The number of rotatable bonds is 3. The molecule has 0 unspecified atom stereocenters. The van der Waals surface area contributed by atoms with E-state index in [0.717, 1.165) is 0 Å². The van der Waals surface area contributed by atoms with Crippen molar-refractivity contribution in [2.45, 2.75) is 6.92 Å². The van der Waals surface area contributed by atoms with Gasteiger partial charge < -0.3 is 9.47 Å². The molecule has 88 valence electrons. The predicted molar refractivity (Wildman–Crippen MR) is 62.5 cm³/mol. The topological polar surface area (TPSA) is 61.3 Å². The van der Waals surface area contributed by atoms with Crippen molar-refractivity contribution in [3.63, 3.8) is 0 Å². The Morgan fingerprint density at radius 1 is 1.29 bits per heavy atom. The number of carbonyl (C=O) groups excluding carboxylic acids is 1. The Labute approximate surface area is 102 Å². The van der Waals surface area contributed by atoms with Crippen molar-refractivity contribution >= 4 is 17.5 Å². The molecule has 2 rings (SSSR count). The molecule has 0 aliphatic heterocycles. The van der Waals surface area contributed by atoms with Crippen LogP contribution in [0, 0.1) is 6.92 Å². The summed E-state index contributed by atoms with van der Waals surface area (Å²) in [7, 11) is 1.34. The highest BCUT2D eigenvalue weighted by Crippen LogP contribution is 2.23. The Hall–Kier alpha value is -1.95. The molecule has 5 nitrogen and oxygen atoms in total. The molecular weight excluding hydrogens is 240 g/mol. The Kier molecular flexibility index (Phi) is 3.34. The Morgan fingerprint density at radius 3 is 2.53 bits per heavy atom. The molecule has 1 aromatic carbocycles. The number of aromatic nitrogens is 2. The third-order valence-electron chi connectivity index (χ3n) is 1.99. The van der Waals surface area contributed by atoms with Crippen molar-refractivity contribution in [2.24, 2.45) is 0 Å². The van der Waals surface area contributed by atoms with Crippen molar-refractivity contribution in [1.82, 2.24) is 9.36 Å². The number of aryl methyl sites for hydroxylation is 1. The van der Waals surface area contributed by atoms with E-state index in [9.17, 15) is 4.79 Å². The van der Waals surface area contributed by atoms with Crippen LogP contribution in [0.3, 0.4) is 0 Å². The molecule has 0 aliphatic rings. The van der Waals surface area contributed by atoms with Gasteiger partial charge in [0, 0.05) is 11.5 Å². The lowest BCUT2D eigenvalue weighted by Gasteiger charge is -2.02. The lowest BCUT2D eigenvalue weighted by atomic mass is 10.2. The summed E-state index contributed by atoms with van der Waals surface area (Å²) in [6.45, 7) is 1.80. The van der Waals surface area contributed by atoms with Gasteiger partial charge in [0.15, 0.2) is 0 Å². The van der Waals surface area contributed by atoms with Gasteiger partial charge in [0.1, 0.15) is 11.6 Å². The van der Waals surface area contributed by atoms with Crippen molar-refractivity contribution < 1.29 is 14.3 Å². The van der Waals surface area contributed by atoms with Gasteiger partial charge in [-0.05, 0) is 31.2 Å². The minimum absolute atomic E-state index is 0.372. The Morgan fingerprint density at radius 2 is 2.00 bits per heavy atom. The molecule has 1 aromatic heterocycles. The second-order valence-corrected chi connectivity index (χ2v) is 3.94. The number of ether oxygens (including phenoxy) is 2. The van der Waals surface area contributed by atoms with Gasteiger partial charge in [0.25, 0.3) is 5.19 Å². The zero-order chi connectivity index (χ0) is 12.3. The predicted octanol–water partition coefficient (Wildman–Crippen LogP) is 2.43. The fourth-order valence-electron chi connectivity index (χ4n) is 1.20. The fraction of sp³-hybridized carbons (Fsp3) is 0.182. The highest BCUT2D eigenvalue weighted by Gasteiger charge is 2.06. The zero-order valence-electron chi connectivity index (χ0n) is 9.34. The quantitative estimate of drug-likeness (QED) is 0.783. The molecule has 0 atom stereocenters. The van der Waals surface area contributed by atoms with Crippen molar-refractivity contribution in [2.75, 3.05) is 7.11 Å². The van der Waals surface area contributed by atoms with E-state index in [-0.39, 0.29) is 5.97 Å². The van der Waals surface area contributed by atoms with E-state index in [2.05, 4.69) is 14.1 Å². The Balaban J connectivity index is 2.10. The first kappa shape index (κ1) is 11.5. The van der Waals surface area contributed by atoms with Gasteiger partial charge >= 0.3 is 5.97 Å². The third kappa shape index (κ3) is 2.79. The number of benzene rings is 1. The van der Waals surface area contributed by atoms with E-state index in [1.165, 1.54) is 18.6 Å². The molecule has 17 heavy (non-hydrogen) atoms. The molecule has 1 heterocycles. The lowest BCUT2D eigenvalue weighted by Crippen LogP contribution is -2.00. The maximum atomic E-state index is 11.2. The smallest absolute Gasteiger partial charge is 0.337 e. The Bertz CT molecular complexity index is 522. The van der Waals surface area contributed by atoms with E-state index in [4.69, 9.17) is 4.74 Å². The molecule has 0 fully saturated rings. The number of hydrogen-bond acceptors (Lipinski definition) is 6.